The van der Waals surface area contributed by atoms with E-state index in [1.54, 1.807) is 0 Å². The van der Waals surface area contributed by atoms with Crippen molar-refractivity contribution in [3.8, 4) is 0 Å². The van der Waals surface area contributed by atoms with Gasteiger partial charge in [-0.2, -0.15) is 0 Å². The molecule has 0 radical (unpaired) electrons. The van der Waals surface area contributed by atoms with Crippen molar-refractivity contribution in [2.75, 3.05) is 59.3 Å². The van der Waals surface area contributed by atoms with Gasteiger partial charge in [-0.05, 0) is 12.8 Å². The van der Waals surface area contributed by atoms with Gasteiger partial charge in [0.1, 0.15) is 13.2 Å². The molecule has 0 aromatic rings. The van der Waals surface area contributed by atoms with Crippen molar-refractivity contribution in [1.29, 1.82) is 0 Å². The smallest absolute Gasteiger partial charge is 0.462 e. The van der Waals surface area contributed by atoms with Crippen molar-refractivity contribution < 1.29 is 66.2 Å². The molecule has 2 atom stereocenters. The summed E-state index contributed by atoms with van der Waals surface area (Å²) in [5, 5.41) is 4.97. The second kappa shape index (κ2) is 46.4. The number of carbonyl (C=O) groups excluding carboxylic acids is 6. The average Bonchev–Trinajstić information content (AvgIpc) is 3.67. The summed E-state index contributed by atoms with van der Waals surface area (Å²) in [6, 6.07) is 0. The van der Waals surface area contributed by atoms with Gasteiger partial charge in [0.2, 0.25) is 5.91 Å². The first kappa shape index (κ1) is 65.6. The number of hydrogen-bond donors (Lipinski definition) is 3. The third kappa shape index (κ3) is 41.8. The first-order valence-electron chi connectivity index (χ1n) is 27.7. The third-order valence-corrected chi connectivity index (χ3v) is 13.2. The lowest BCUT2D eigenvalue weighted by Crippen LogP contribution is -2.35. The first-order valence-corrected chi connectivity index (χ1v) is 29.2. The largest absolute Gasteiger partial charge is 0.472 e. The van der Waals surface area contributed by atoms with Gasteiger partial charge in [0.25, 0.3) is 11.8 Å². The number of esters is 2. The molecule has 1 heterocycles. The monoisotopic (exact) mass is 1030 g/mol. The number of phosphoric ester groups is 1. The molecule has 18 heteroatoms. The highest BCUT2D eigenvalue weighted by Crippen LogP contribution is 2.43. The zero-order chi connectivity index (χ0) is 51.9. The Bertz CT molecular complexity index is 1470. The molecule has 1 aliphatic heterocycles. The number of carbonyl (C=O) groups is 6. The highest BCUT2D eigenvalue weighted by molar-refractivity contribution is 7.47. The quantitative estimate of drug-likeness (QED) is 0.0170. The molecule has 1 aliphatic rings. The number of nitrogens with zero attached hydrogens (tertiary/aromatic N) is 1. The number of alkyl carbamates (subject to hydrolysis) is 1. The molecule has 4 amide bonds. The SMILES string of the molecule is CCCCCCCCCCCCCCCCCC(=O)OCC(COP(=O)(O)OCCNC(=O)OCCOCCNC(=O)CCN1C(=O)C=CC1=O)OC(=O)CCCCCCCCCCCCCCCCC. The van der Waals surface area contributed by atoms with Crippen molar-refractivity contribution in [1.82, 2.24) is 15.5 Å². The average molecular weight is 1030 g/mol. The minimum Gasteiger partial charge on any atom is -0.462 e. The van der Waals surface area contributed by atoms with Crippen LogP contribution in [0.4, 0.5) is 4.79 Å². The second-order valence-corrected chi connectivity index (χ2v) is 20.2. The Balaban J connectivity index is 2.34. The molecular weight excluding hydrogens is 934 g/mol. The summed E-state index contributed by atoms with van der Waals surface area (Å²) >= 11 is 0. The van der Waals surface area contributed by atoms with Gasteiger partial charge in [-0.3, -0.25) is 37.9 Å². The van der Waals surface area contributed by atoms with E-state index in [4.69, 9.17) is 28.0 Å². The topological polar surface area (TPSA) is 222 Å². The predicted octanol–water partition coefficient (Wildman–Crippen LogP) is 11.3. The Kier molecular flexibility index (Phi) is 42.9. The van der Waals surface area contributed by atoms with Gasteiger partial charge >= 0.3 is 25.9 Å². The summed E-state index contributed by atoms with van der Waals surface area (Å²) in [5.41, 5.74) is 0. The molecule has 2 unspecified atom stereocenters. The lowest BCUT2D eigenvalue weighted by atomic mass is 10.0. The number of imide groups is 1. The van der Waals surface area contributed by atoms with Crippen LogP contribution >= 0.6 is 7.82 Å². The molecule has 0 aromatic heterocycles. The predicted molar refractivity (Wildman–Crippen MR) is 275 cm³/mol. The number of rotatable bonds is 51. The van der Waals surface area contributed by atoms with Gasteiger partial charge in [-0.25, -0.2) is 9.36 Å². The van der Waals surface area contributed by atoms with Gasteiger partial charge in [0.15, 0.2) is 6.10 Å². The molecular formula is C53H96N3O14P. The van der Waals surface area contributed by atoms with Gasteiger partial charge in [0.05, 0.1) is 26.4 Å². The van der Waals surface area contributed by atoms with E-state index >= 15 is 0 Å². The van der Waals surface area contributed by atoms with Crippen molar-refractivity contribution >= 4 is 43.6 Å². The van der Waals surface area contributed by atoms with Crippen LogP contribution in [0.1, 0.15) is 226 Å². The molecule has 1 rings (SSSR count). The van der Waals surface area contributed by atoms with E-state index in [0.717, 1.165) is 55.6 Å². The summed E-state index contributed by atoms with van der Waals surface area (Å²) in [6.07, 6.45) is 37.0. The lowest BCUT2D eigenvalue weighted by molar-refractivity contribution is -0.161. The van der Waals surface area contributed by atoms with Crippen LogP contribution < -0.4 is 10.6 Å². The number of nitrogens with one attached hydrogen (secondary N) is 2. The summed E-state index contributed by atoms with van der Waals surface area (Å²) in [6.45, 7) is 3.18. The second-order valence-electron chi connectivity index (χ2n) is 18.7. The lowest BCUT2D eigenvalue weighted by Gasteiger charge is -2.20. The van der Waals surface area contributed by atoms with Crippen LogP contribution in [-0.2, 0) is 56.5 Å². The van der Waals surface area contributed by atoms with Crippen LogP contribution in [0.2, 0.25) is 0 Å². The Hall–Kier alpha value is -3.37. The van der Waals surface area contributed by atoms with Crippen molar-refractivity contribution in [3.05, 3.63) is 12.2 Å². The minimum atomic E-state index is -4.67. The van der Waals surface area contributed by atoms with Crippen molar-refractivity contribution in [3.63, 3.8) is 0 Å². The minimum absolute atomic E-state index is 0.0241. The zero-order valence-corrected chi connectivity index (χ0v) is 45.0. The Morgan fingerprint density at radius 1 is 0.521 bits per heavy atom. The fraction of sp³-hybridized carbons (Fsp3) is 0.849. The highest BCUT2D eigenvalue weighted by Gasteiger charge is 2.27. The highest BCUT2D eigenvalue weighted by atomic mass is 31.2. The molecule has 71 heavy (non-hydrogen) atoms. The molecule has 0 bridgehead atoms. The molecule has 3 N–H and O–H groups in total. The van der Waals surface area contributed by atoms with Gasteiger partial charge in [0, 0.05) is 51.0 Å². The van der Waals surface area contributed by atoms with Gasteiger partial charge in [-0.15, -0.1) is 0 Å². The van der Waals surface area contributed by atoms with Crippen LogP contribution in [-0.4, -0.2) is 111 Å². The van der Waals surface area contributed by atoms with E-state index < -0.39 is 57.0 Å². The van der Waals surface area contributed by atoms with Crippen LogP contribution in [0.15, 0.2) is 12.2 Å². The Morgan fingerprint density at radius 3 is 1.44 bits per heavy atom. The summed E-state index contributed by atoms with van der Waals surface area (Å²) in [7, 11) is -4.67. The number of unbranched alkanes of at least 4 members (excludes halogenated alkanes) is 28. The Labute approximate surface area is 427 Å². The van der Waals surface area contributed by atoms with Crippen molar-refractivity contribution in [2.45, 2.75) is 232 Å². The summed E-state index contributed by atoms with van der Waals surface area (Å²) in [4.78, 5) is 83.8. The maximum Gasteiger partial charge on any atom is 0.472 e. The van der Waals surface area contributed by atoms with Crippen LogP contribution in [0.25, 0.3) is 0 Å². The number of phosphoric acid groups is 1. The zero-order valence-electron chi connectivity index (χ0n) is 44.1. The van der Waals surface area contributed by atoms with E-state index in [2.05, 4.69) is 24.5 Å². The number of amides is 4. The fourth-order valence-corrected chi connectivity index (χ4v) is 8.74. The molecule has 0 fully saturated rings. The molecule has 0 saturated carbocycles. The van der Waals surface area contributed by atoms with E-state index in [9.17, 15) is 38.2 Å². The maximum atomic E-state index is 12.8. The van der Waals surface area contributed by atoms with E-state index in [-0.39, 0.29) is 71.2 Å². The number of ether oxygens (including phenoxy) is 4. The Morgan fingerprint density at radius 2 is 0.958 bits per heavy atom. The summed E-state index contributed by atoms with van der Waals surface area (Å²) in [5.74, 6) is -2.23. The third-order valence-electron chi connectivity index (χ3n) is 12.2. The molecule has 412 valence electrons. The molecule has 17 nitrogen and oxygen atoms in total. The first-order chi connectivity index (χ1) is 34.5. The normalized spacial score (nSPS) is 13.6. The van der Waals surface area contributed by atoms with Crippen LogP contribution in [0, 0.1) is 0 Å². The van der Waals surface area contributed by atoms with Gasteiger partial charge in [-0.1, -0.05) is 194 Å². The molecule has 0 aromatic carbocycles. The van der Waals surface area contributed by atoms with E-state index in [1.165, 1.54) is 141 Å². The molecule has 0 saturated heterocycles. The van der Waals surface area contributed by atoms with Crippen molar-refractivity contribution in [2.24, 2.45) is 0 Å². The van der Waals surface area contributed by atoms with E-state index in [1.807, 2.05) is 0 Å². The van der Waals surface area contributed by atoms with Gasteiger partial charge < -0.3 is 34.5 Å². The van der Waals surface area contributed by atoms with E-state index in [0.29, 0.717) is 12.8 Å². The molecule has 0 spiro atoms. The maximum absolute atomic E-state index is 12.8. The molecule has 0 aliphatic carbocycles. The van der Waals surface area contributed by atoms with Crippen LogP contribution in [0.3, 0.4) is 0 Å². The number of hydrogen-bond acceptors (Lipinski definition) is 13. The fourth-order valence-electron chi connectivity index (χ4n) is 7.99. The van der Waals surface area contributed by atoms with Crippen LogP contribution in [0.5, 0.6) is 0 Å². The standard InChI is InChI=1S/C53H96N3O14P/c1-3-5-7-9-11-13-15-17-19-21-23-25-27-29-31-33-51(60)67-45-47(70-52(61)34-32-30-28-26-24-22-20-18-16-14-12-10-8-6-4-2)46-69-71(63,64)68-42-39-55-53(62)66-44-43-65-41-38-54-48(57)37-40-56-49(58)35-36-50(56)59/h35-36,47H,3-34,37-46H2,1-2H3,(H,54,57)(H,55,62)(H,63,64). The summed E-state index contributed by atoms with van der Waals surface area (Å²) < 4.78 is 44.1.